The van der Waals surface area contributed by atoms with Crippen LogP contribution in [0.15, 0.2) is 41.1 Å². The summed E-state index contributed by atoms with van der Waals surface area (Å²) in [6.45, 7) is 0.894. The summed E-state index contributed by atoms with van der Waals surface area (Å²) in [5.74, 6) is 2.15. The van der Waals surface area contributed by atoms with Gasteiger partial charge in [-0.1, -0.05) is 6.07 Å². The molecule has 21 heavy (non-hydrogen) atoms. The molecule has 108 valence electrons. The molecule has 0 spiro atoms. The van der Waals surface area contributed by atoms with Gasteiger partial charge in [0.2, 0.25) is 0 Å². The van der Waals surface area contributed by atoms with E-state index in [0.717, 1.165) is 36.6 Å². The molecule has 4 rings (SSSR count). The second-order valence-corrected chi connectivity index (χ2v) is 5.49. The van der Waals surface area contributed by atoms with E-state index in [4.69, 9.17) is 4.42 Å². The SMILES string of the molecule is c1ccn2c(CCNC3CCCc4occc43)nnc2c1. The van der Waals surface area contributed by atoms with Crippen molar-refractivity contribution < 1.29 is 4.42 Å². The van der Waals surface area contributed by atoms with Crippen molar-refractivity contribution in [2.75, 3.05) is 6.54 Å². The minimum Gasteiger partial charge on any atom is -0.469 e. The van der Waals surface area contributed by atoms with E-state index in [-0.39, 0.29) is 0 Å². The molecule has 1 aliphatic carbocycles. The average molecular weight is 282 g/mol. The second kappa shape index (κ2) is 5.33. The largest absolute Gasteiger partial charge is 0.469 e. The first-order valence-electron chi connectivity index (χ1n) is 7.50. The molecule has 0 fully saturated rings. The maximum atomic E-state index is 5.53. The van der Waals surface area contributed by atoms with Gasteiger partial charge in [-0.25, -0.2) is 0 Å². The van der Waals surface area contributed by atoms with Crippen molar-refractivity contribution in [2.24, 2.45) is 0 Å². The van der Waals surface area contributed by atoms with Crippen LogP contribution in [0.2, 0.25) is 0 Å². The third kappa shape index (κ3) is 2.34. The van der Waals surface area contributed by atoms with E-state index in [9.17, 15) is 0 Å². The molecule has 0 amide bonds. The Morgan fingerprint density at radius 3 is 3.29 bits per heavy atom. The van der Waals surface area contributed by atoms with Gasteiger partial charge in [-0.05, 0) is 31.0 Å². The maximum absolute atomic E-state index is 5.53. The van der Waals surface area contributed by atoms with Crippen LogP contribution in [0.3, 0.4) is 0 Å². The van der Waals surface area contributed by atoms with Crippen molar-refractivity contribution in [1.29, 1.82) is 0 Å². The predicted molar refractivity (Wildman–Crippen MR) is 79.1 cm³/mol. The molecule has 1 aliphatic rings. The fourth-order valence-electron chi connectivity index (χ4n) is 3.12. The highest BCUT2D eigenvalue weighted by molar-refractivity contribution is 5.37. The number of pyridine rings is 1. The predicted octanol–water partition coefficient (Wildman–Crippen LogP) is 2.53. The highest BCUT2D eigenvalue weighted by Gasteiger charge is 2.21. The van der Waals surface area contributed by atoms with E-state index in [1.54, 1.807) is 6.26 Å². The zero-order valence-electron chi connectivity index (χ0n) is 11.8. The zero-order valence-corrected chi connectivity index (χ0v) is 11.8. The van der Waals surface area contributed by atoms with Crippen molar-refractivity contribution in [1.82, 2.24) is 19.9 Å². The van der Waals surface area contributed by atoms with Crippen molar-refractivity contribution in [2.45, 2.75) is 31.7 Å². The summed E-state index contributed by atoms with van der Waals surface area (Å²) in [6.07, 6.45) is 8.11. The standard InChI is InChI=1S/C16H18N4O/c1-2-10-20-15(6-1)18-19-16(20)7-9-17-13-4-3-5-14-12(13)8-11-21-14/h1-2,6,8,10-11,13,17H,3-5,7,9H2. The molecule has 0 saturated heterocycles. The number of hydrogen-bond donors (Lipinski definition) is 1. The molecule has 0 bridgehead atoms. The number of nitrogens with zero attached hydrogens (tertiary/aromatic N) is 3. The van der Waals surface area contributed by atoms with Gasteiger partial charge in [0, 0.05) is 37.2 Å². The average Bonchev–Trinajstić information content (AvgIpc) is 3.15. The fourth-order valence-corrected chi connectivity index (χ4v) is 3.12. The summed E-state index contributed by atoms with van der Waals surface area (Å²) in [5, 5.41) is 12.1. The van der Waals surface area contributed by atoms with Gasteiger partial charge in [-0.15, -0.1) is 10.2 Å². The van der Waals surface area contributed by atoms with Crippen LogP contribution >= 0.6 is 0 Å². The molecule has 3 heterocycles. The van der Waals surface area contributed by atoms with Crippen LogP contribution < -0.4 is 5.32 Å². The molecule has 0 saturated carbocycles. The Labute approximate surface area is 123 Å². The Morgan fingerprint density at radius 1 is 1.29 bits per heavy atom. The number of aromatic nitrogens is 3. The third-order valence-corrected chi connectivity index (χ3v) is 4.18. The van der Waals surface area contributed by atoms with Crippen molar-refractivity contribution in [3.05, 3.63) is 53.9 Å². The molecule has 3 aromatic heterocycles. The maximum Gasteiger partial charge on any atom is 0.160 e. The Hall–Kier alpha value is -2.14. The number of furan rings is 1. The van der Waals surface area contributed by atoms with Gasteiger partial charge < -0.3 is 9.73 Å². The van der Waals surface area contributed by atoms with E-state index >= 15 is 0 Å². The van der Waals surface area contributed by atoms with Gasteiger partial charge in [0.15, 0.2) is 5.65 Å². The Kier molecular flexibility index (Phi) is 3.20. The minimum absolute atomic E-state index is 0.409. The first-order valence-corrected chi connectivity index (χ1v) is 7.50. The summed E-state index contributed by atoms with van der Waals surface area (Å²) in [4.78, 5) is 0. The molecule has 1 atom stereocenters. The summed E-state index contributed by atoms with van der Waals surface area (Å²) < 4.78 is 7.58. The van der Waals surface area contributed by atoms with Crippen LogP contribution in [0.4, 0.5) is 0 Å². The number of fused-ring (bicyclic) bond motifs is 2. The minimum atomic E-state index is 0.409. The third-order valence-electron chi connectivity index (χ3n) is 4.18. The van der Waals surface area contributed by atoms with Gasteiger partial charge in [0.25, 0.3) is 0 Å². The van der Waals surface area contributed by atoms with Crippen molar-refractivity contribution in [3.8, 4) is 0 Å². The highest BCUT2D eigenvalue weighted by atomic mass is 16.3. The summed E-state index contributed by atoms with van der Waals surface area (Å²) in [7, 11) is 0. The van der Waals surface area contributed by atoms with E-state index < -0.39 is 0 Å². The lowest BCUT2D eigenvalue weighted by Crippen LogP contribution is -2.26. The van der Waals surface area contributed by atoms with Crippen LogP contribution in [0.5, 0.6) is 0 Å². The van der Waals surface area contributed by atoms with Crippen molar-refractivity contribution in [3.63, 3.8) is 0 Å². The zero-order chi connectivity index (χ0) is 14.1. The van der Waals surface area contributed by atoms with Gasteiger partial charge in [0.05, 0.1) is 6.26 Å². The van der Waals surface area contributed by atoms with Crippen LogP contribution in [-0.2, 0) is 12.8 Å². The van der Waals surface area contributed by atoms with E-state index in [1.807, 2.05) is 28.8 Å². The van der Waals surface area contributed by atoms with Gasteiger partial charge in [-0.2, -0.15) is 0 Å². The molecule has 5 nitrogen and oxygen atoms in total. The number of aryl methyl sites for hydroxylation is 1. The lowest BCUT2D eigenvalue weighted by molar-refractivity contribution is 0.412. The molecular weight excluding hydrogens is 264 g/mol. The van der Waals surface area contributed by atoms with Crippen LogP contribution in [0.1, 0.15) is 36.0 Å². The first-order chi connectivity index (χ1) is 10.4. The fraction of sp³-hybridized carbons (Fsp3) is 0.375. The smallest absolute Gasteiger partial charge is 0.160 e. The van der Waals surface area contributed by atoms with Crippen LogP contribution in [0, 0.1) is 0 Å². The second-order valence-electron chi connectivity index (χ2n) is 5.49. The molecule has 3 aromatic rings. The van der Waals surface area contributed by atoms with Crippen LogP contribution in [0.25, 0.3) is 5.65 Å². The highest BCUT2D eigenvalue weighted by Crippen LogP contribution is 2.30. The van der Waals surface area contributed by atoms with Crippen molar-refractivity contribution >= 4 is 5.65 Å². The number of hydrogen-bond acceptors (Lipinski definition) is 4. The van der Waals surface area contributed by atoms with E-state index in [0.29, 0.717) is 6.04 Å². The molecule has 1 unspecified atom stereocenters. The van der Waals surface area contributed by atoms with Gasteiger partial charge >= 0.3 is 0 Å². The number of rotatable bonds is 4. The van der Waals surface area contributed by atoms with Gasteiger partial charge in [0.1, 0.15) is 11.6 Å². The molecule has 0 aromatic carbocycles. The summed E-state index contributed by atoms with van der Waals surface area (Å²) in [6, 6.07) is 8.47. The summed E-state index contributed by atoms with van der Waals surface area (Å²) >= 11 is 0. The normalized spacial score (nSPS) is 18.0. The lowest BCUT2D eigenvalue weighted by atomic mass is 9.93. The van der Waals surface area contributed by atoms with E-state index in [1.165, 1.54) is 18.4 Å². The monoisotopic (exact) mass is 282 g/mol. The summed E-state index contributed by atoms with van der Waals surface area (Å²) in [5.41, 5.74) is 2.23. The topological polar surface area (TPSA) is 55.4 Å². The number of nitrogens with one attached hydrogen (secondary N) is 1. The molecule has 0 radical (unpaired) electrons. The first kappa shape index (κ1) is 12.6. The molecule has 5 heteroatoms. The molecule has 0 aliphatic heterocycles. The molecule has 1 N–H and O–H groups in total. The quantitative estimate of drug-likeness (QED) is 0.799. The van der Waals surface area contributed by atoms with Crippen LogP contribution in [-0.4, -0.2) is 21.1 Å². The molecular formula is C16H18N4O. The Morgan fingerprint density at radius 2 is 2.29 bits per heavy atom. The van der Waals surface area contributed by atoms with Gasteiger partial charge in [-0.3, -0.25) is 4.40 Å². The van der Waals surface area contributed by atoms with E-state index in [2.05, 4.69) is 21.6 Å². The Bertz CT molecular complexity index is 745. The Balaban J connectivity index is 1.43. The lowest BCUT2D eigenvalue weighted by Gasteiger charge is -2.22.